The predicted molar refractivity (Wildman–Crippen MR) is 108 cm³/mol. The maximum Gasteiger partial charge on any atom is 0.239 e. The van der Waals surface area contributed by atoms with Gasteiger partial charge in [-0.2, -0.15) is 0 Å². The first-order chi connectivity index (χ1) is 13.3. The summed E-state index contributed by atoms with van der Waals surface area (Å²) < 4.78 is 0. The molecule has 0 unspecified atom stereocenters. The number of hydrogen-bond acceptors (Lipinski definition) is 4. The summed E-state index contributed by atoms with van der Waals surface area (Å²) in [5.41, 5.74) is 1.80. The molecule has 136 valence electrons. The molecule has 2 aromatic carbocycles. The number of imide groups is 1. The Morgan fingerprint density at radius 3 is 2.30 bits per heavy atom. The molecule has 5 rings (SSSR count). The molecule has 0 radical (unpaired) electrons. The minimum atomic E-state index is -0.288. The topological polar surface area (TPSA) is 40.6 Å². The van der Waals surface area contributed by atoms with Crippen molar-refractivity contribution in [3.8, 4) is 0 Å². The van der Waals surface area contributed by atoms with Gasteiger partial charge in [0.1, 0.15) is 0 Å². The molecule has 2 amide bonds. The number of anilines is 1. The number of benzene rings is 2. The molecule has 0 saturated carbocycles. The summed E-state index contributed by atoms with van der Waals surface area (Å²) in [5.74, 6) is 1.18. The molecule has 0 spiro atoms. The van der Waals surface area contributed by atoms with E-state index >= 15 is 0 Å². The van der Waals surface area contributed by atoms with Crippen molar-refractivity contribution in [2.24, 2.45) is 11.8 Å². The largest absolute Gasteiger partial charge is 0.282 e. The van der Waals surface area contributed by atoms with Crippen molar-refractivity contribution in [2.45, 2.75) is 12.1 Å². The first-order valence-electron chi connectivity index (χ1n) is 9.25. The second-order valence-corrected chi connectivity index (χ2v) is 8.24. The number of carbonyl (C=O) groups is 2. The van der Waals surface area contributed by atoms with Crippen molar-refractivity contribution < 1.29 is 9.59 Å². The first kappa shape index (κ1) is 16.8. The SMILES string of the molecule is O=C1[C@@H]2[C@H](C(=O)N1c1ccccc1)[C@@H](/C=C/c1ccccc1)N1CSC[C@H]21. The van der Waals surface area contributed by atoms with Crippen LogP contribution in [0.3, 0.4) is 0 Å². The molecule has 2 aromatic rings. The van der Waals surface area contributed by atoms with E-state index in [4.69, 9.17) is 0 Å². The predicted octanol–water partition coefficient (Wildman–Crippen LogP) is 3.26. The van der Waals surface area contributed by atoms with Crippen molar-refractivity contribution in [2.75, 3.05) is 16.5 Å². The monoisotopic (exact) mass is 376 g/mol. The Morgan fingerprint density at radius 1 is 0.889 bits per heavy atom. The lowest BCUT2D eigenvalue weighted by Crippen LogP contribution is -2.42. The lowest BCUT2D eigenvalue weighted by atomic mass is 9.89. The van der Waals surface area contributed by atoms with E-state index in [9.17, 15) is 9.59 Å². The van der Waals surface area contributed by atoms with Crippen molar-refractivity contribution in [1.29, 1.82) is 0 Å². The maximum absolute atomic E-state index is 13.3. The van der Waals surface area contributed by atoms with Crippen molar-refractivity contribution in [3.63, 3.8) is 0 Å². The molecule has 27 heavy (non-hydrogen) atoms. The molecule has 3 heterocycles. The van der Waals surface area contributed by atoms with Gasteiger partial charge in [-0.3, -0.25) is 14.5 Å². The summed E-state index contributed by atoms with van der Waals surface area (Å²) in [7, 11) is 0. The summed E-state index contributed by atoms with van der Waals surface area (Å²) in [6.45, 7) is 0. The van der Waals surface area contributed by atoms with E-state index in [-0.39, 0.29) is 35.7 Å². The van der Waals surface area contributed by atoms with Gasteiger partial charge in [0.2, 0.25) is 11.8 Å². The molecule has 4 atom stereocenters. The highest BCUT2D eigenvalue weighted by Gasteiger charge is 2.62. The number of hydrogen-bond donors (Lipinski definition) is 0. The summed E-state index contributed by atoms with van der Waals surface area (Å²) in [6.07, 6.45) is 4.20. The number of carbonyl (C=O) groups excluding carboxylic acids is 2. The van der Waals surface area contributed by atoms with E-state index in [2.05, 4.69) is 29.2 Å². The van der Waals surface area contributed by atoms with Gasteiger partial charge in [-0.1, -0.05) is 60.7 Å². The minimum Gasteiger partial charge on any atom is -0.282 e. The van der Waals surface area contributed by atoms with Crippen LogP contribution >= 0.6 is 11.8 Å². The third-order valence-corrected chi connectivity index (χ3v) is 6.88. The van der Waals surface area contributed by atoms with Crippen molar-refractivity contribution in [1.82, 2.24) is 4.90 Å². The molecular formula is C22H20N2O2S. The molecule has 5 heteroatoms. The zero-order valence-corrected chi connectivity index (χ0v) is 15.6. The molecule has 0 bridgehead atoms. The normalized spacial score (nSPS) is 30.3. The summed E-state index contributed by atoms with van der Waals surface area (Å²) >= 11 is 1.85. The average molecular weight is 376 g/mol. The summed E-state index contributed by atoms with van der Waals surface area (Å²) in [4.78, 5) is 30.3. The molecule has 4 nitrogen and oxygen atoms in total. The zero-order chi connectivity index (χ0) is 18.4. The van der Waals surface area contributed by atoms with Crippen LogP contribution in [-0.2, 0) is 9.59 Å². The van der Waals surface area contributed by atoms with Crippen LogP contribution < -0.4 is 4.90 Å². The molecule has 3 saturated heterocycles. The number of para-hydroxylation sites is 1. The molecule has 0 aliphatic carbocycles. The van der Waals surface area contributed by atoms with E-state index in [0.717, 1.165) is 17.2 Å². The van der Waals surface area contributed by atoms with Gasteiger partial charge in [0.15, 0.2) is 0 Å². The van der Waals surface area contributed by atoms with Crippen LogP contribution in [0, 0.1) is 11.8 Å². The van der Waals surface area contributed by atoms with E-state index < -0.39 is 0 Å². The van der Waals surface area contributed by atoms with Crippen LogP contribution in [0.25, 0.3) is 6.08 Å². The Hall–Kier alpha value is -2.37. The van der Waals surface area contributed by atoms with E-state index in [0.29, 0.717) is 5.69 Å². The highest BCUT2D eigenvalue weighted by Crippen LogP contribution is 2.48. The smallest absolute Gasteiger partial charge is 0.239 e. The highest BCUT2D eigenvalue weighted by atomic mass is 32.2. The number of thioether (sulfide) groups is 1. The quantitative estimate of drug-likeness (QED) is 0.771. The summed E-state index contributed by atoms with van der Waals surface area (Å²) in [5, 5.41) is 0. The zero-order valence-electron chi connectivity index (χ0n) is 14.8. The van der Waals surface area contributed by atoms with Gasteiger partial charge in [-0.05, 0) is 17.7 Å². The molecule has 0 aromatic heterocycles. The second-order valence-electron chi connectivity index (χ2n) is 7.24. The third-order valence-electron chi connectivity index (χ3n) is 5.82. The van der Waals surface area contributed by atoms with E-state index in [1.807, 2.05) is 60.3 Å². The van der Waals surface area contributed by atoms with Gasteiger partial charge in [0, 0.05) is 23.7 Å². The van der Waals surface area contributed by atoms with E-state index in [1.54, 1.807) is 0 Å². The number of fused-ring (bicyclic) bond motifs is 3. The van der Waals surface area contributed by atoms with Gasteiger partial charge >= 0.3 is 0 Å². The Kier molecular flexibility index (Phi) is 4.14. The molecule has 0 N–H and O–H groups in total. The molecular weight excluding hydrogens is 356 g/mol. The number of amides is 2. The number of nitrogens with zero attached hydrogens (tertiary/aromatic N) is 2. The fraction of sp³-hybridized carbons (Fsp3) is 0.273. The molecule has 3 aliphatic heterocycles. The average Bonchev–Trinajstić information content (AvgIpc) is 3.34. The van der Waals surface area contributed by atoms with E-state index in [1.165, 1.54) is 4.90 Å². The van der Waals surface area contributed by atoms with Crippen molar-refractivity contribution >= 4 is 35.3 Å². The lowest BCUT2D eigenvalue weighted by Gasteiger charge is -2.25. The Bertz CT molecular complexity index is 899. The number of rotatable bonds is 3. The highest BCUT2D eigenvalue weighted by molar-refractivity contribution is 7.99. The minimum absolute atomic E-state index is 0.0274. The van der Waals surface area contributed by atoms with Crippen molar-refractivity contribution in [3.05, 3.63) is 72.3 Å². The van der Waals surface area contributed by atoms with Gasteiger partial charge in [-0.25, -0.2) is 4.90 Å². The Labute approximate surface area is 162 Å². The molecule has 3 aliphatic rings. The van der Waals surface area contributed by atoms with Crippen LogP contribution in [0.5, 0.6) is 0 Å². The van der Waals surface area contributed by atoms with Crippen LogP contribution in [0.2, 0.25) is 0 Å². The maximum atomic E-state index is 13.3. The van der Waals surface area contributed by atoms with Crippen LogP contribution in [0.4, 0.5) is 5.69 Å². The fourth-order valence-electron chi connectivity index (χ4n) is 4.61. The lowest BCUT2D eigenvalue weighted by molar-refractivity contribution is -0.123. The van der Waals surface area contributed by atoms with Crippen LogP contribution in [0.1, 0.15) is 5.56 Å². The standard InChI is InChI=1S/C22H20N2O2S/c25-21-19-17(12-11-15-7-3-1-4-8-15)23-14-27-13-18(23)20(19)22(26)24(21)16-9-5-2-6-10-16/h1-12,17-20H,13-14H2/b12-11+/t17-,18-,19-,20+/m1/s1. The first-order valence-corrected chi connectivity index (χ1v) is 10.4. The van der Waals surface area contributed by atoms with Gasteiger partial charge in [0.05, 0.1) is 17.5 Å². The van der Waals surface area contributed by atoms with Crippen LogP contribution in [0.15, 0.2) is 66.7 Å². The molecule has 3 fully saturated rings. The van der Waals surface area contributed by atoms with Gasteiger partial charge in [-0.15, -0.1) is 11.8 Å². The third kappa shape index (κ3) is 2.65. The Balaban J connectivity index is 1.51. The van der Waals surface area contributed by atoms with Crippen LogP contribution in [-0.4, -0.2) is 40.4 Å². The van der Waals surface area contributed by atoms with Gasteiger partial charge in [0.25, 0.3) is 0 Å². The second kappa shape index (κ2) is 6.66. The fourth-order valence-corrected chi connectivity index (χ4v) is 5.93. The Morgan fingerprint density at radius 2 is 1.56 bits per heavy atom. The summed E-state index contributed by atoms with van der Waals surface area (Å²) in [6, 6.07) is 19.6. The van der Waals surface area contributed by atoms with Gasteiger partial charge < -0.3 is 0 Å².